The maximum Gasteiger partial charge on any atom is 0.319 e. The Morgan fingerprint density at radius 3 is 2.37 bits per heavy atom. The first-order chi connectivity index (χ1) is 12.8. The molecule has 1 aromatic carbocycles. The first-order valence-corrected chi connectivity index (χ1v) is 8.93. The number of benzene rings is 1. The molecule has 0 N–H and O–H groups in total. The molecule has 1 aliphatic heterocycles. The minimum atomic E-state index is -0.492. The topological polar surface area (TPSA) is 70.2 Å². The maximum atomic E-state index is 13.2. The van der Waals surface area contributed by atoms with E-state index in [0.29, 0.717) is 38.2 Å². The van der Waals surface area contributed by atoms with Crippen molar-refractivity contribution < 1.29 is 23.5 Å². The molecule has 3 amide bonds. The summed E-state index contributed by atoms with van der Waals surface area (Å²) in [6, 6.07) is 5.97. The summed E-state index contributed by atoms with van der Waals surface area (Å²) in [6.45, 7) is 3.08. The highest BCUT2D eigenvalue weighted by atomic mass is 19.1. The summed E-state index contributed by atoms with van der Waals surface area (Å²) in [7, 11) is 3.37. The Labute approximate surface area is 158 Å². The SMILES string of the molecule is CC(Cc1cccc(F)c1)C(=O)OCC(=O)N1CCN(C(=O)N(C)C)CC1. The number of hydrogen-bond acceptors (Lipinski definition) is 4. The minimum Gasteiger partial charge on any atom is -0.455 e. The first kappa shape index (κ1) is 20.7. The zero-order chi connectivity index (χ0) is 20.0. The zero-order valence-corrected chi connectivity index (χ0v) is 16.0. The average molecular weight is 379 g/mol. The zero-order valence-electron chi connectivity index (χ0n) is 16.0. The number of hydrogen-bond donors (Lipinski definition) is 0. The summed E-state index contributed by atoms with van der Waals surface area (Å²) >= 11 is 0. The van der Waals surface area contributed by atoms with Crippen molar-refractivity contribution in [1.29, 1.82) is 0 Å². The Morgan fingerprint density at radius 1 is 1.15 bits per heavy atom. The molecule has 27 heavy (non-hydrogen) atoms. The second kappa shape index (κ2) is 9.34. The molecule has 1 atom stereocenters. The molecule has 0 aliphatic carbocycles. The van der Waals surface area contributed by atoms with Crippen LogP contribution in [0.1, 0.15) is 12.5 Å². The summed E-state index contributed by atoms with van der Waals surface area (Å²) in [5.74, 6) is -1.60. The number of esters is 1. The number of halogens is 1. The van der Waals surface area contributed by atoms with E-state index < -0.39 is 11.9 Å². The summed E-state index contributed by atoms with van der Waals surface area (Å²) in [5, 5.41) is 0. The van der Waals surface area contributed by atoms with Crippen LogP contribution < -0.4 is 0 Å². The lowest BCUT2D eigenvalue weighted by Crippen LogP contribution is -2.53. The summed E-state index contributed by atoms with van der Waals surface area (Å²) in [6.07, 6.45) is 0.343. The molecule has 1 unspecified atom stereocenters. The maximum absolute atomic E-state index is 13.2. The van der Waals surface area contributed by atoms with E-state index in [0.717, 1.165) is 0 Å². The van der Waals surface area contributed by atoms with Crippen LogP contribution in [0.15, 0.2) is 24.3 Å². The number of amides is 3. The van der Waals surface area contributed by atoms with Gasteiger partial charge in [-0.2, -0.15) is 0 Å². The molecule has 8 heteroatoms. The van der Waals surface area contributed by atoms with Crippen LogP contribution in [-0.2, 0) is 20.7 Å². The van der Waals surface area contributed by atoms with Gasteiger partial charge < -0.3 is 19.4 Å². The molecule has 2 rings (SSSR count). The van der Waals surface area contributed by atoms with Crippen molar-refractivity contribution in [3.05, 3.63) is 35.6 Å². The van der Waals surface area contributed by atoms with Crippen molar-refractivity contribution in [2.75, 3.05) is 46.9 Å². The van der Waals surface area contributed by atoms with Crippen LogP contribution in [-0.4, -0.2) is 79.5 Å². The van der Waals surface area contributed by atoms with Crippen molar-refractivity contribution in [2.24, 2.45) is 5.92 Å². The van der Waals surface area contributed by atoms with E-state index in [4.69, 9.17) is 4.74 Å². The van der Waals surface area contributed by atoms with Crippen LogP contribution in [0.25, 0.3) is 0 Å². The second-order valence-corrected chi connectivity index (χ2v) is 6.89. The van der Waals surface area contributed by atoms with E-state index in [2.05, 4.69) is 0 Å². The number of nitrogens with zero attached hydrogens (tertiary/aromatic N) is 3. The Bertz CT molecular complexity index is 687. The van der Waals surface area contributed by atoms with E-state index in [1.807, 2.05) is 0 Å². The van der Waals surface area contributed by atoms with Crippen molar-refractivity contribution in [2.45, 2.75) is 13.3 Å². The van der Waals surface area contributed by atoms with Gasteiger partial charge in [0, 0.05) is 40.3 Å². The van der Waals surface area contributed by atoms with Crippen molar-refractivity contribution in [3.63, 3.8) is 0 Å². The third-order valence-electron chi connectivity index (χ3n) is 4.46. The number of urea groups is 1. The molecule has 1 saturated heterocycles. The molecule has 0 saturated carbocycles. The fraction of sp³-hybridized carbons (Fsp3) is 0.526. The molecular formula is C19H26FN3O4. The predicted molar refractivity (Wildman–Crippen MR) is 97.5 cm³/mol. The van der Waals surface area contributed by atoms with Gasteiger partial charge in [-0.15, -0.1) is 0 Å². The van der Waals surface area contributed by atoms with E-state index in [-0.39, 0.29) is 24.4 Å². The quantitative estimate of drug-likeness (QED) is 0.725. The minimum absolute atomic E-state index is 0.0836. The molecule has 0 radical (unpaired) electrons. The molecule has 0 bridgehead atoms. The smallest absolute Gasteiger partial charge is 0.319 e. The standard InChI is InChI=1S/C19H26FN3O4/c1-14(11-15-5-4-6-16(20)12-15)18(25)27-13-17(24)22-7-9-23(10-8-22)19(26)21(2)3/h4-6,12,14H,7-11,13H2,1-3H3. The highest BCUT2D eigenvalue weighted by Gasteiger charge is 2.26. The third kappa shape index (κ3) is 5.94. The first-order valence-electron chi connectivity index (χ1n) is 8.93. The number of rotatable bonds is 5. The number of ether oxygens (including phenoxy) is 1. The van der Waals surface area contributed by atoms with Crippen molar-refractivity contribution >= 4 is 17.9 Å². The largest absolute Gasteiger partial charge is 0.455 e. The number of carbonyl (C=O) groups is 3. The van der Waals surface area contributed by atoms with Crippen molar-refractivity contribution in [1.82, 2.24) is 14.7 Å². The van der Waals surface area contributed by atoms with Crippen LogP contribution >= 0.6 is 0 Å². The average Bonchev–Trinajstić information content (AvgIpc) is 2.65. The lowest BCUT2D eigenvalue weighted by molar-refractivity contribution is -0.155. The molecule has 0 aromatic heterocycles. The van der Waals surface area contributed by atoms with Gasteiger partial charge in [0.1, 0.15) is 5.82 Å². The van der Waals surface area contributed by atoms with Gasteiger partial charge in [0.25, 0.3) is 5.91 Å². The van der Waals surface area contributed by atoms with Gasteiger partial charge in [-0.05, 0) is 24.1 Å². The Hall–Kier alpha value is -2.64. The molecule has 1 aliphatic rings. The molecular weight excluding hydrogens is 353 g/mol. The van der Waals surface area contributed by atoms with Crippen LogP contribution in [0.3, 0.4) is 0 Å². The van der Waals surface area contributed by atoms with Gasteiger partial charge >= 0.3 is 12.0 Å². The van der Waals surface area contributed by atoms with Gasteiger partial charge in [-0.1, -0.05) is 19.1 Å². The molecule has 1 fully saturated rings. The second-order valence-electron chi connectivity index (χ2n) is 6.89. The molecule has 7 nitrogen and oxygen atoms in total. The van der Waals surface area contributed by atoms with Gasteiger partial charge in [0.05, 0.1) is 5.92 Å². The predicted octanol–water partition coefficient (Wildman–Crippen LogP) is 1.37. The molecule has 0 spiro atoms. The highest BCUT2D eigenvalue weighted by molar-refractivity contribution is 5.81. The van der Waals surface area contributed by atoms with Crippen LogP contribution in [0.4, 0.5) is 9.18 Å². The monoisotopic (exact) mass is 379 g/mol. The Balaban J connectivity index is 1.75. The molecule has 1 aromatic rings. The number of carbonyl (C=O) groups excluding carboxylic acids is 3. The molecule has 148 valence electrons. The third-order valence-corrected chi connectivity index (χ3v) is 4.46. The van der Waals surface area contributed by atoms with Gasteiger partial charge in [0.2, 0.25) is 0 Å². The number of piperazine rings is 1. The van der Waals surface area contributed by atoms with Crippen LogP contribution in [0.2, 0.25) is 0 Å². The lowest BCUT2D eigenvalue weighted by atomic mass is 10.0. The van der Waals surface area contributed by atoms with Gasteiger partial charge in [-0.25, -0.2) is 9.18 Å². The fourth-order valence-electron chi connectivity index (χ4n) is 2.90. The van der Waals surface area contributed by atoms with E-state index >= 15 is 0 Å². The van der Waals surface area contributed by atoms with E-state index in [9.17, 15) is 18.8 Å². The van der Waals surface area contributed by atoms with E-state index in [1.54, 1.807) is 43.0 Å². The van der Waals surface area contributed by atoms with Gasteiger partial charge in [-0.3, -0.25) is 9.59 Å². The normalized spacial score (nSPS) is 15.3. The van der Waals surface area contributed by atoms with Crippen LogP contribution in [0.5, 0.6) is 0 Å². The highest BCUT2D eigenvalue weighted by Crippen LogP contribution is 2.12. The fourth-order valence-corrected chi connectivity index (χ4v) is 2.90. The lowest BCUT2D eigenvalue weighted by Gasteiger charge is -2.35. The molecule has 1 heterocycles. The van der Waals surface area contributed by atoms with Gasteiger partial charge in [0.15, 0.2) is 6.61 Å². The van der Waals surface area contributed by atoms with Crippen LogP contribution in [0, 0.1) is 11.7 Å². The Morgan fingerprint density at radius 2 is 1.78 bits per heavy atom. The summed E-state index contributed by atoms with van der Waals surface area (Å²) in [5.41, 5.74) is 0.701. The van der Waals surface area contributed by atoms with Crippen molar-refractivity contribution in [3.8, 4) is 0 Å². The summed E-state index contributed by atoms with van der Waals surface area (Å²) in [4.78, 5) is 41.0. The van der Waals surface area contributed by atoms with E-state index in [1.165, 1.54) is 17.0 Å². The summed E-state index contributed by atoms with van der Waals surface area (Å²) < 4.78 is 18.3. The Kier molecular flexibility index (Phi) is 7.15.